The number of nitrogens with one attached hydrogen (secondary N) is 1. The zero-order valence-electron chi connectivity index (χ0n) is 19.7. The Morgan fingerprint density at radius 2 is 1.43 bits per heavy atom. The van der Waals surface area contributed by atoms with Crippen LogP contribution in [0.3, 0.4) is 0 Å². The second kappa shape index (κ2) is 10.2. The number of carbonyl (C=O) groups is 1. The first-order valence-electron chi connectivity index (χ1n) is 11.8. The Balaban J connectivity index is 1.53. The molecule has 5 aromatic rings. The van der Waals surface area contributed by atoms with Gasteiger partial charge in [0.25, 0.3) is 0 Å². The quantitative estimate of drug-likeness (QED) is 0.211. The summed E-state index contributed by atoms with van der Waals surface area (Å²) in [6.45, 7) is 2.68. The van der Waals surface area contributed by atoms with Crippen molar-refractivity contribution in [1.29, 1.82) is 0 Å². The lowest BCUT2D eigenvalue weighted by molar-refractivity contribution is -0.121. The molecule has 0 aliphatic carbocycles. The fourth-order valence-electron chi connectivity index (χ4n) is 4.60. The van der Waals surface area contributed by atoms with E-state index in [-0.39, 0.29) is 5.91 Å². The summed E-state index contributed by atoms with van der Waals surface area (Å²) in [7, 11) is 0. The molecule has 0 unspecified atom stereocenters. The van der Waals surface area contributed by atoms with Gasteiger partial charge in [-0.1, -0.05) is 109 Å². The molecule has 1 heterocycles. The molecule has 0 atom stereocenters. The van der Waals surface area contributed by atoms with Crippen LogP contribution in [-0.2, 0) is 11.3 Å². The molecule has 4 nitrogen and oxygen atoms in total. The van der Waals surface area contributed by atoms with E-state index in [1.165, 1.54) is 16.5 Å². The predicted octanol–water partition coefficient (Wildman–Crippen LogP) is 6.82. The Bertz CT molecular complexity index is 1470. The number of rotatable bonds is 7. The van der Waals surface area contributed by atoms with Gasteiger partial charge in [-0.15, -0.1) is 0 Å². The first kappa shape index (κ1) is 22.4. The summed E-state index contributed by atoms with van der Waals surface area (Å²) in [5, 5.41) is 5.33. The van der Waals surface area contributed by atoms with Crippen molar-refractivity contribution in [2.75, 3.05) is 0 Å². The van der Waals surface area contributed by atoms with E-state index in [0.29, 0.717) is 13.0 Å². The zero-order valence-corrected chi connectivity index (χ0v) is 19.7. The van der Waals surface area contributed by atoms with Crippen LogP contribution in [0.2, 0.25) is 0 Å². The number of hydrazone groups is 1. The molecule has 4 heteroatoms. The third-order valence-electron chi connectivity index (χ3n) is 6.16. The largest absolute Gasteiger partial charge is 0.339 e. The Hall–Kier alpha value is -4.44. The highest BCUT2D eigenvalue weighted by molar-refractivity contribution is 6.05. The van der Waals surface area contributed by atoms with Crippen molar-refractivity contribution in [1.82, 2.24) is 9.99 Å². The van der Waals surface area contributed by atoms with E-state index < -0.39 is 0 Å². The first-order chi connectivity index (χ1) is 17.2. The molecule has 0 aliphatic rings. The maximum absolute atomic E-state index is 12.7. The number of carbonyl (C=O) groups excluding carboxylic acids is 1. The molecule has 0 saturated heterocycles. The van der Waals surface area contributed by atoms with Gasteiger partial charge in [0, 0.05) is 23.9 Å². The van der Waals surface area contributed by atoms with Crippen LogP contribution in [0.25, 0.3) is 33.3 Å². The summed E-state index contributed by atoms with van der Waals surface area (Å²) in [5.41, 5.74) is 10.6. The molecular weight excluding hydrogens is 430 g/mol. The van der Waals surface area contributed by atoms with Crippen molar-refractivity contribution in [2.45, 2.75) is 19.9 Å². The van der Waals surface area contributed by atoms with Crippen molar-refractivity contribution >= 4 is 23.0 Å². The molecule has 35 heavy (non-hydrogen) atoms. The maximum Gasteiger partial charge on any atom is 0.241 e. The van der Waals surface area contributed by atoms with Crippen molar-refractivity contribution < 1.29 is 4.79 Å². The van der Waals surface area contributed by atoms with Crippen LogP contribution in [0.15, 0.2) is 114 Å². The van der Waals surface area contributed by atoms with E-state index in [4.69, 9.17) is 0 Å². The van der Waals surface area contributed by atoms with Gasteiger partial charge < -0.3 is 4.57 Å². The van der Waals surface area contributed by atoms with Crippen LogP contribution in [0.4, 0.5) is 0 Å². The van der Waals surface area contributed by atoms with Crippen LogP contribution in [-0.4, -0.2) is 16.7 Å². The van der Waals surface area contributed by atoms with Gasteiger partial charge in [0.2, 0.25) is 5.91 Å². The van der Waals surface area contributed by atoms with Crippen LogP contribution in [0, 0.1) is 6.92 Å². The normalized spacial score (nSPS) is 11.2. The summed E-state index contributed by atoms with van der Waals surface area (Å²) in [6.07, 6.45) is 1.98. The topological polar surface area (TPSA) is 46.4 Å². The smallest absolute Gasteiger partial charge is 0.241 e. The van der Waals surface area contributed by atoms with Gasteiger partial charge in [-0.2, -0.15) is 5.10 Å². The number of hydrogen-bond donors (Lipinski definition) is 1. The molecule has 1 amide bonds. The highest BCUT2D eigenvalue weighted by Crippen LogP contribution is 2.42. The molecule has 0 aliphatic heterocycles. The van der Waals surface area contributed by atoms with Gasteiger partial charge >= 0.3 is 0 Å². The SMILES string of the molecule is Cc1cccc2c(-c3ccccc3)c(-c3ccccc3)n(CCC(=O)NN=Cc3ccccc3)c12. The van der Waals surface area contributed by atoms with E-state index in [9.17, 15) is 4.79 Å². The molecule has 0 spiro atoms. The van der Waals surface area contributed by atoms with Crippen molar-refractivity contribution in [3.05, 3.63) is 120 Å². The van der Waals surface area contributed by atoms with Crippen LogP contribution < -0.4 is 5.43 Å². The summed E-state index contributed by atoms with van der Waals surface area (Å²) in [5.74, 6) is -0.118. The van der Waals surface area contributed by atoms with Crippen LogP contribution >= 0.6 is 0 Å². The molecule has 0 bridgehead atoms. The number of amides is 1. The molecule has 0 radical (unpaired) electrons. The van der Waals surface area contributed by atoms with Gasteiger partial charge in [0.15, 0.2) is 0 Å². The van der Waals surface area contributed by atoms with Gasteiger partial charge in [-0.3, -0.25) is 4.79 Å². The number of para-hydroxylation sites is 1. The first-order valence-corrected chi connectivity index (χ1v) is 11.8. The molecular formula is C31H27N3O. The average molecular weight is 458 g/mol. The molecule has 0 fully saturated rings. The van der Waals surface area contributed by atoms with E-state index in [2.05, 4.69) is 88.7 Å². The molecule has 172 valence electrons. The third-order valence-corrected chi connectivity index (χ3v) is 6.16. The number of hydrogen-bond acceptors (Lipinski definition) is 2. The van der Waals surface area contributed by atoms with Gasteiger partial charge in [-0.25, -0.2) is 5.43 Å². The highest BCUT2D eigenvalue weighted by Gasteiger charge is 2.21. The predicted molar refractivity (Wildman–Crippen MR) is 144 cm³/mol. The minimum absolute atomic E-state index is 0.118. The fourth-order valence-corrected chi connectivity index (χ4v) is 4.60. The Morgan fingerprint density at radius 1 is 0.800 bits per heavy atom. The third kappa shape index (κ3) is 4.78. The second-order valence-corrected chi connectivity index (χ2v) is 8.53. The van der Waals surface area contributed by atoms with Crippen LogP contribution in [0.5, 0.6) is 0 Å². The number of nitrogens with zero attached hydrogens (tertiary/aromatic N) is 2. The molecule has 4 aromatic carbocycles. The van der Waals surface area contributed by atoms with Gasteiger partial charge in [-0.05, 0) is 29.2 Å². The van der Waals surface area contributed by atoms with E-state index in [0.717, 1.165) is 27.9 Å². The lowest BCUT2D eigenvalue weighted by Gasteiger charge is -2.13. The van der Waals surface area contributed by atoms with Crippen molar-refractivity contribution in [2.24, 2.45) is 5.10 Å². The maximum atomic E-state index is 12.7. The lowest BCUT2D eigenvalue weighted by Crippen LogP contribution is -2.19. The number of aryl methyl sites for hydroxylation is 2. The van der Waals surface area contributed by atoms with Crippen molar-refractivity contribution in [3.8, 4) is 22.4 Å². The van der Waals surface area contributed by atoms with Gasteiger partial charge in [0.1, 0.15) is 0 Å². The van der Waals surface area contributed by atoms with E-state index >= 15 is 0 Å². The number of benzene rings is 4. The monoisotopic (exact) mass is 457 g/mol. The minimum Gasteiger partial charge on any atom is -0.339 e. The average Bonchev–Trinajstić information content (AvgIpc) is 3.24. The molecule has 0 saturated carbocycles. The summed E-state index contributed by atoms with van der Waals surface area (Å²) in [4.78, 5) is 12.7. The fraction of sp³-hybridized carbons (Fsp3) is 0.0968. The summed E-state index contributed by atoms with van der Waals surface area (Å²) < 4.78 is 2.29. The van der Waals surface area contributed by atoms with Crippen LogP contribution in [0.1, 0.15) is 17.5 Å². The lowest BCUT2D eigenvalue weighted by atomic mass is 9.98. The summed E-state index contributed by atoms with van der Waals surface area (Å²) in [6, 6.07) is 37.0. The van der Waals surface area contributed by atoms with E-state index in [1.807, 2.05) is 42.5 Å². The Morgan fingerprint density at radius 3 is 2.11 bits per heavy atom. The Kier molecular flexibility index (Phi) is 6.53. The molecule has 5 rings (SSSR count). The standard InChI is InChI=1S/C31H27N3O/c1-23-12-11-19-27-29(25-15-7-3-8-16-25)31(26-17-9-4-10-18-26)34(30(23)27)21-20-28(35)33-32-22-24-13-5-2-6-14-24/h2-19,22H,20-21H2,1H3,(H,33,35). The second-order valence-electron chi connectivity index (χ2n) is 8.53. The highest BCUT2D eigenvalue weighted by atomic mass is 16.2. The van der Waals surface area contributed by atoms with Crippen molar-refractivity contribution in [3.63, 3.8) is 0 Å². The molecule has 1 N–H and O–H groups in total. The molecule has 1 aromatic heterocycles. The number of aromatic nitrogens is 1. The summed E-state index contributed by atoms with van der Waals surface area (Å²) >= 11 is 0. The van der Waals surface area contributed by atoms with Gasteiger partial charge in [0.05, 0.1) is 17.4 Å². The van der Waals surface area contributed by atoms with E-state index in [1.54, 1.807) is 6.21 Å². The number of fused-ring (bicyclic) bond motifs is 1. The zero-order chi connectivity index (χ0) is 24.0. The Labute approximate surface area is 205 Å². The minimum atomic E-state index is -0.118.